The lowest BCUT2D eigenvalue weighted by molar-refractivity contribution is 0.103. The Balaban J connectivity index is 2.45. The molecule has 0 radical (unpaired) electrons. The molecule has 4 nitrogen and oxygen atoms in total. The lowest BCUT2D eigenvalue weighted by Crippen LogP contribution is -2.51. The van der Waals surface area contributed by atoms with E-state index in [2.05, 4.69) is 30.8 Å². The lowest BCUT2D eigenvalue weighted by Gasteiger charge is -2.34. The van der Waals surface area contributed by atoms with Crippen LogP contribution in [-0.4, -0.2) is 66.8 Å². The van der Waals surface area contributed by atoms with Gasteiger partial charge in [-0.1, -0.05) is 6.92 Å². The summed E-state index contributed by atoms with van der Waals surface area (Å²) in [5.41, 5.74) is 6.02. The number of hydrogen-bond donors (Lipinski definition) is 2. The molecule has 0 aromatic rings. The monoisotopic (exact) mass is 229 g/mol. The molecule has 1 heterocycles. The second-order valence-electron chi connectivity index (χ2n) is 5.04. The van der Waals surface area contributed by atoms with E-state index in [-0.39, 0.29) is 18.7 Å². The molecule has 1 rings (SSSR count). The summed E-state index contributed by atoms with van der Waals surface area (Å²) in [5, 5.41) is 9.40. The molecule has 16 heavy (non-hydrogen) atoms. The number of nitrogens with two attached hydrogens (primary N) is 1. The number of nitrogens with zero attached hydrogens (tertiary/aromatic N) is 2. The van der Waals surface area contributed by atoms with Gasteiger partial charge in [-0.25, -0.2) is 0 Å². The topological polar surface area (TPSA) is 52.7 Å². The number of hydrogen-bond acceptors (Lipinski definition) is 4. The molecule has 1 aliphatic rings. The average Bonchev–Trinajstić information content (AvgIpc) is 2.65. The molecule has 0 aliphatic carbocycles. The lowest BCUT2D eigenvalue weighted by atomic mass is 10.1. The summed E-state index contributed by atoms with van der Waals surface area (Å²) < 4.78 is 0. The maximum atomic E-state index is 9.40. The Kier molecular flexibility index (Phi) is 5.69. The van der Waals surface area contributed by atoms with Crippen molar-refractivity contribution in [3.63, 3.8) is 0 Å². The van der Waals surface area contributed by atoms with Crippen LogP contribution in [0.5, 0.6) is 0 Å². The summed E-state index contributed by atoms with van der Waals surface area (Å²) in [6.07, 6.45) is 3.47. The highest BCUT2D eigenvalue weighted by molar-refractivity contribution is 4.84. The van der Waals surface area contributed by atoms with Crippen LogP contribution >= 0.6 is 0 Å². The van der Waals surface area contributed by atoms with Crippen LogP contribution in [0.4, 0.5) is 0 Å². The Hall–Kier alpha value is -0.160. The first kappa shape index (κ1) is 13.9. The van der Waals surface area contributed by atoms with Crippen molar-refractivity contribution in [1.29, 1.82) is 0 Å². The molecule has 3 atom stereocenters. The number of likely N-dealkylation sites (N-methyl/N-ethyl adjacent to an activating group) is 2. The van der Waals surface area contributed by atoms with E-state index in [1.54, 1.807) is 0 Å². The van der Waals surface area contributed by atoms with Gasteiger partial charge in [0.1, 0.15) is 0 Å². The third-order valence-corrected chi connectivity index (χ3v) is 3.89. The van der Waals surface area contributed by atoms with Crippen molar-refractivity contribution in [2.75, 3.05) is 33.8 Å². The molecule has 3 unspecified atom stereocenters. The molecule has 3 N–H and O–H groups in total. The number of aliphatic hydroxyl groups is 1. The zero-order chi connectivity index (χ0) is 12.1. The van der Waals surface area contributed by atoms with E-state index < -0.39 is 0 Å². The van der Waals surface area contributed by atoms with Crippen molar-refractivity contribution in [3.8, 4) is 0 Å². The van der Waals surface area contributed by atoms with Gasteiger partial charge in [-0.05, 0) is 39.9 Å². The highest BCUT2D eigenvalue weighted by Crippen LogP contribution is 2.17. The molecule has 1 fully saturated rings. The van der Waals surface area contributed by atoms with Crippen molar-refractivity contribution < 1.29 is 5.11 Å². The maximum Gasteiger partial charge on any atom is 0.0601 e. The van der Waals surface area contributed by atoms with Gasteiger partial charge >= 0.3 is 0 Å². The predicted octanol–water partition coefficient (Wildman–Crippen LogP) is 0.111. The van der Waals surface area contributed by atoms with Crippen molar-refractivity contribution >= 4 is 0 Å². The second kappa shape index (κ2) is 6.55. The van der Waals surface area contributed by atoms with E-state index in [0.717, 1.165) is 13.0 Å². The standard InChI is InChI=1S/C12H27N3O/c1-4-11(13)12(9-16)15(3)8-10-6-5-7-14(10)2/h10-12,16H,4-9,13H2,1-3H3. The molecular formula is C12H27N3O. The number of aliphatic hydroxyl groups excluding tert-OH is 1. The van der Waals surface area contributed by atoms with Gasteiger partial charge in [0.15, 0.2) is 0 Å². The highest BCUT2D eigenvalue weighted by atomic mass is 16.3. The van der Waals surface area contributed by atoms with Crippen molar-refractivity contribution in [2.45, 2.75) is 44.3 Å². The molecule has 0 aromatic carbocycles. The predicted molar refractivity (Wildman–Crippen MR) is 67.4 cm³/mol. The van der Waals surface area contributed by atoms with Gasteiger partial charge in [-0.3, -0.25) is 4.90 Å². The number of likely N-dealkylation sites (tertiary alicyclic amines) is 1. The molecule has 1 aliphatic heterocycles. The first-order chi connectivity index (χ1) is 7.60. The molecule has 0 bridgehead atoms. The van der Waals surface area contributed by atoms with Gasteiger partial charge in [0.2, 0.25) is 0 Å². The van der Waals surface area contributed by atoms with Crippen LogP contribution in [0.25, 0.3) is 0 Å². The molecular weight excluding hydrogens is 202 g/mol. The van der Waals surface area contributed by atoms with E-state index in [0.29, 0.717) is 6.04 Å². The highest BCUT2D eigenvalue weighted by Gasteiger charge is 2.26. The fourth-order valence-electron chi connectivity index (χ4n) is 2.55. The van der Waals surface area contributed by atoms with Crippen LogP contribution in [0.3, 0.4) is 0 Å². The van der Waals surface area contributed by atoms with Crippen LogP contribution in [0.2, 0.25) is 0 Å². The zero-order valence-corrected chi connectivity index (χ0v) is 10.9. The van der Waals surface area contributed by atoms with E-state index >= 15 is 0 Å². The van der Waals surface area contributed by atoms with Crippen LogP contribution in [0.15, 0.2) is 0 Å². The quantitative estimate of drug-likeness (QED) is 0.679. The van der Waals surface area contributed by atoms with Gasteiger partial charge < -0.3 is 15.7 Å². The van der Waals surface area contributed by atoms with E-state index in [1.165, 1.54) is 19.4 Å². The first-order valence-corrected chi connectivity index (χ1v) is 6.37. The van der Waals surface area contributed by atoms with Gasteiger partial charge in [0.05, 0.1) is 6.61 Å². The Morgan fingerprint density at radius 3 is 2.69 bits per heavy atom. The van der Waals surface area contributed by atoms with Crippen LogP contribution < -0.4 is 5.73 Å². The molecule has 0 amide bonds. The molecule has 0 aromatic heterocycles. The fraction of sp³-hybridized carbons (Fsp3) is 1.00. The summed E-state index contributed by atoms with van der Waals surface area (Å²) in [4.78, 5) is 4.63. The molecule has 0 saturated carbocycles. The van der Waals surface area contributed by atoms with Gasteiger partial charge in [0.25, 0.3) is 0 Å². The van der Waals surface area contributed by atoms with Gasteiger partial charge in [-0.2, -0.15) is 0 Å². The van der Waals surface area contributed by atoms with Gasteiger partial charge in [0, 0.05) is 24.7 Å². The van der Waals surface area contributed by atoms with Crippen molar-refractivity contribution in [3.05, 3.63) is 0 Å². The normalized spacial score (nSPS) is 26.2. The van der Waals surface area contributed by atoms with Gasteiger partial charge in [-0.15, -0.1) is 0 Å². The summed E-state index contributed by atoms with van der Waals surface area (Å²) >= 11 is 0. The minimum atomic E-state index is 0.0710. The SMILES string of the molecule is CCC(N)C(CO)N(C)CC1CCCN1C. The summed E-state index contributed by atoms with van der Waals surface area (Å²) in [5.74, 6) is 0. The van der Waals surface area contributed by atoms with Crippen molar-refractivity contribution in [2.24, 2.45) is 5.73 Å². The smallest absolute Gasteiger partial charge is 0.0601 e. The Labute approximate surface area is 99.4 Å². The van der Waals surface area contributed by atoms with Crippen LogP contribution in [0, 0.1) is 0 Å². The van der Waals surface area contributed by atoms with E-state index in [4.69, 9.17) is 5.73 Å². The third-order valence-electron chi connectivity index (χ3n) is 3.89. The molecule has 4 heteroatoms. The maximum absolute atomic E-state index is 9.40. The third kappa shape index (κ3) is 3.42. The molecule has 0 spiro atoms. The van der Waals surface area contributed by atoms with Crippen molar-refractivity contribution in [1.82, 2.24) is 9.80 Å². The first-order valence-electron chi connectivity index (χ1n) is 6.37. The zero-order valence-electron chi connectivity index (χ0n) is 10.9. The Morgan fingerprint density at radius 1 is 1.56 bits per heavy atom. The Morgan fingerprint density at radius 2 is 2.25 bits per heavy atom. The second-order valence-corrected chi connectivity index (χ2v) is 5.04. The summed E-state index contributed by atoms with van der Waals surface area (Å²) in [7, 11) is 4.25. The summed E-state index contributed by atoms with van der Waals surface area (Å²) in [6, 6.07) is 0.795. The minimum absolute atomic E-state index is 0.0710. The van der Waals surface area contributed by atoms with E-state index in [9.17, 15) is 5.11 Å². The number of rotatable bonds is 6. The van der Waals surface area contributed by atoms with Crippen LogP contribution in [0.1, 0.15) is 26.2 Å². The Bertz CT molecular complexity index is 201. The average molecular weight is 229 g/mol. The minimum Gasteiger partial charge on any atom is -0.395 e. The summed E-state index contributed by atoms with van der Waals surface area (Å²) in [6.45, 7) is 4.43. The van der Waals surface area contributed by atoms with Crippen LogP contribution in [-0.2, 0) is 0 Å². The molecule has 96 valence electrons. The molecule has 1 saturated heterocycles. The van der Waals surface area contributed by atoms with E-state index in [1.807, 2.05) is 0 Å². The largest absolute Gasteiger partial charge is 0.395 e. The fourth-order valence-corrected chi connectivity index (χ4v) is 2.55.